The summed E-state index contributed by atoms with van der Waals surface area (Å²) >= 11 is 0. The molecular formula is C55H108N2O7P+. The first-order valence-corrected chi connectivity index (χ1v) is 29.2. The summed E-state index contributed by atoms with van der Waals surface area (Å²) in [5.74, 6) is -0.507. The van der Waals surface area contributed by atoms with E-state index in [4.69, 9.17) is 13.8 Å². The highest BCUT2D eigenvalue weighted by molar-refractivity contribution is 7.47. The molecule has 0 aromatic heterocycles. The first-order valence-electron chi connectivity index (χ1n) is 27.7. The molecule has 0 bridgehead atoms. The summed E-state index contributed by atoms with van der Waals surface area (Å²) in [5, 5.41) is 3.04. The molecule has 0 saturated heterocycles. The summed E-state index contributed by atoms with van der Waals surface area (Å²) in [4.78, 5) is 37.4. The molecule has 0 aliphatic heterocycles. The van der Waals surface area contributed by atoms with Gasteiger partial charge in [-0.2, -0.15) is 0 Å². The Morgan fingerprint density at radius 1 is 0.523 bits per heavy atom. The molecule has 0 radical (unpaired) electrons. The van der Waals surface area contributed by atoms with Crippen molar-refractivity contribution in [3.63, 3.8) is 0 Å². The van der Waals surface area contributed by atoms with E-state index in [9.17, 15) is 19.0 Å². The fraction of sp³-hybridized carbons (Fsp3) is 0.891. The lowest BCUT2D eigenvalue weighted by atomic mass is 10.0. The maximum Gasteiger partial charge on any atom is 0.472 e. The third kappa shape index (κ3) is 47.4. The fourth-order valence-corrected chi connectivity index (χ4v) is 8.77. The smallest absolute Gasteiger partial charge is 0.456 e. The number of likely N-dealkylation sites (N-methyl/N-ethyl adjacent to an activating group) is 1. The molecule has 1 amide bonds. The van der Waals surface area contributed by atoms with Crippen LogP contribution in [0.15, 0.2) is 24.3 Å². The van der Waals surface area contributed by atoms with Crippen molar-refractivity contribution < 1.29 is 37.3 Å². The van der Waals surface area contributed by atoms with E-state index >= 15 is 0 Å². The number of carbonyl (C=O) groups is 2. The average molecular weight is 940 g/mol. The number of phosphoric ester groups is 1. The van der Waals surface area contributed by atoms with Gasteiger partial charge in [-0.05, 0) is 51.0 Å². The highest BCUT2D eigenvalue weighted by Gasteiger charge is 2.30. The molecule has 0 fully saturated rings. The van der Waals surface area contributed by atoms with E-state index < -0.39 is 20.0 Å². The topological polar surface area (TPSA) is 111 Å². The van der Waals surface area contributed by atoms with E-state index in [1.165, 1.54) is 148 Å². The van der Waals surface area contributed by atoms with Gasteiger partial charge in [0.15, 0.2) is 0 Å². The Morgan fingerprint density at radius 3 is 1.35 bits per heavy atom. The van der Waals surface area contributed by atoms with Gasteiger partial charge in [-0.3, -0.25) is 18.6 Å². The number of phosphoric acid groups is 1. The maximum atomic E-state index is 13.5. The second-order valence-electron chi connectivity index (χ2n) is 20.1. The number of ether oxygens (including phenoxy) is 1. The highest BCUT2D eigenvalue weighted by Crippen LogP contribution is 2.43. The number of amides is 1. The Hall–Kier alpha value is -1.51. The Balaban J connectivity index is 5.29. The van der Waals surface area contributed by atoms with Crippen LogP contribution in [0.25, 0.3) is 0 Å². The van der Waals surface area contributed by atoms with Crippen LogP contribution in [-0.4, -0.2) is 74.3 Å². The van der Waals surface area contributed by atoms with Gasteiger partial charge in [0, 0.05) is 12.8 Å². The van der Waals surface area contributed by atoms with Crippen molar-refractivity contribution in [3.05, 3.63) is 24.3 Å². The van der Waals surface area contributed by atoms with Gasteiger partial charge >= 0.3 is 13.8 Å². The van der Waals surface area contributed by atoms with E-state index in [2.05, 4.69) is 38.2 Å². The van der Waals surface area contributed by atoms with E-state index in [0.29, 0.717) is 17.4 Å². The summed E-state index contributed by atoms with van der Waals surface area (Å²) in [6, 6.07) is -0.843. The summed E-state index contributed by atoms with van der Waals surface area (Å²) in [7, 11) is 1.50. The number of esters is 1. The third-order valence-electron chi connectivity index (χ3n) is 12.4. The lowest BCUT2D eigenvalue weighted by Crippen LogP contribution is -2.47. The molecule has 3 unspecified atom stereocenters. The Bertz CT molecular complexity index is 1170. The second kappa shape index (κ2) is 46.2. The van der Waals surface area contributed by atoms with Gasteiger partial charge in [-0.25, -0.2) is 4.57 Å². The van der Waals surface area contributed by atoms with Crippen LogP contribution in [0.4, 0.5) is 0 Å². The van der Waals surface area contributed by atoms with Crippen LogP contribution in [0.1, 0.15) is 265 Å². The zero-order valence-electron chi connectivity index (χ0n) is 43.7. The third-order valence-corrected chi connectivity index (χ3v) is 13.4. The van der Waals surface area contributed by atoms with Crippen molar-refractivity contribution in [2.75, 3.05) is 40.9 Å². The van der Waals surface area contributed by atoms with E-state index in [1.54, 1.807) is 0 Å². The van der Waals surface area contributed by atoms with Crippen LogP contribution in [0.3, 0.4) is 0 Å². The molecule has 2 N–H and O–H groups in total. The van der Waals surface area contributed by atoms with Crippen LogP contribution < -0.4 is 5.32 Å². The molecule has 0 aromatic rings. The van der Waals surface area contributed by atoms with Gasteiger partial charge in [0.25, 0.3) is 0 Å². The van der Waals surface area contributed by atoms with Crippen molar-refractivity contribution in [2.24, 2.45) is 0 Å². The van der Waals surface area contributed by atoms with Crippen molar-refractivity contribution in [3.8, 4) is 0 Å². The largest absolute Gasteiger partial charge is 0.472 e. The number of carbonyl (C=O) groups excluding carboxylic acids is 2. The van der Waals surface area contributed by atoms with Gasteiger partial charge in [0.1, 0.15) is 19.3 Å². The van der Waals surface area contributed by atoms with Crippen LogP contribution in [0.2, 0.25) is 0 Å². The van der Waals surface area contributed by atoms with Crippen LogP contribution in [0.5, 0.6) is 0 Å². The van der Waals surface area contributed by atoms with E-state index in [1.807, 2.05) is 33.3 Å². The van der Waals surface area contributed by atoms with E-state index in [-0.39, 0.29) is 31.5 Å². The lowest BCUT2D eigenvalue weighted by molar-refractivity contribution is -0.870. The van der Waals surface area contributed by atoms with Crippen molar-refractivity contribution in [1.82, 2.24) is 5.32 Å². The molecule has 9 nitrogen and oxygen atoms in total. The van der Waals surface area contributed by atoms with Crippen molar-refractivity contribution in [2.45, 2.75) is 277 Å². The molecule has 0 aliphatic carbocycles. The standard InChI is InChI=1S/C55H107N2O7P/c1-7-10-13-16-19-22-25-26-27-28-29-30-33-35-38-41-44-47-54(58)56-52(51-63-65(60,61)62-50-49-57(4,5)6)53(46-43-40-37-34-31-23-20-17-14-11-8-2)64-55(59)48-45-42-39-36-32-24-21-18-15-12-9-3/h18,21,43,46,52-53H,7-17,19-20,22-42,44-45,47-51H2,1-6H3,(H-,56,58,60,61)/p+1/b21-18-,46-43+. The van der Waals surface area contributed by atoms with Crippen molar-refractivity contribution >= 4 is 19.7 Å². The number of nitrogens with one attached hydrogen (secondary N) is 1. The predicted octanol–water partition coefficient (Wildman–Crippen LogP) is 16.2. The molecule has 3 atom stereocenters. The van der Waals surface area contributed by atoms with Gasteiger partial charge in [-0.1, -0.05) is 225 Å². The van der Waals surface area contributed by atoms with Gasteiger partial charge in [-0.15, -0.1) is 0 Å². The number of hydrogen-bond acceptors (Lipinski definition) is 6. The summed E-state index contributed by atoms with van der Waals surface area (Å²) in [5.41, 5.74) is 0. The average Bonchev–Trinajstić information content (AvgIpc) is 3.26. The predicted molar refractivity (Wildman–Crippen MR) is 277 cm³/mol. The second-order valence-corrected chi connectivity index (χ2v) is 21.6. The summed E-state index contributed by atoms with van der Waals surface area (Å²) in [6.07, 6.45) is 51.7. The summed E-state index contributed by atoms with van der Waals surface area (Å²) < 4.78 is 30.5. The lowest BCUT2D eigenvalue weighted by Gasteiger charge is -2.27. The zero-order valence-corrected chi connectivity index (χ0v) is 44.6. The normalized spacial score (nSPS) is 14.0. The number of unbranched alkanes of at least 4 members (excludes halogenated alkanes) is 32. The quantitative estimate of drug-likeness (QED) is 0.0205. The number of hydrogen-bond donors (Lipinski definition) is 2. The Morgan fingerprint density at radius 2 is 0.908 bits per heavy atom. The van der Waals surface area contributed by atoms with Crippen LogP contribution in [-0.2, 0) is 27.9 Å². The molecule has 0 heterocycles. The minimum Gasteiger partial charge on any atom is -0.456 e. The van der Waals surface area contributed by atoms with Gasteiger partial charge in [0.2, 0.25) is 5.91 Å². The molecule has 0 spiro atoms. The molecule has 0 rings (SSSR count). The highest BCUT2D eigenvalue weighted by atomic mass is 31.2. The number of rotatable bonds is 50. The SMILES string of the molecule is CCCC/C=C\CCCCCCCC(=O)OC(/C=C/CCCCCCCCCCC)C(COP(=O)(O)OCC[N+](C)(C)C)NC(=O)CCCCCCCCCCCCCCCCCCC. The molecule has 65 heavy (non-hydrogen) atoms. The van der Waals surface area contributed by atoms with Crippen LogP contribution >= 0.6 is 7.82 Å². The molecule has 10 heteroatoms. The maximum absolute atomic E-state index is 13.5. The van der Waals surface area contributed by atoms with Gasteiger partial charge < -0.3 is 19.4 Å². The number of allylic oxidation sites excluding steroid dienone is 3. The number of quaternary nitrogens is 1. The minimum atomic E-state index is -4.43. The molecule has 0 saturated carbocycles. The molecule has 0 aliphatic rings. The Kier molecular flexibility index (Phi) is 45.2. The fourth-order valence-electron chi connectivity index (χ4n) is 8.04. The number of nitrogens with zero attached hydrogens (tertiary/aromatic N) is 1. The molecular weight excluding hydrogens is 832 g/mol. The first kappa shape index (κ1) is 63.5. The van der Waals surface area contributed by atoms with E-state index in [0.717, 1.165) is 83.5 Å². The first-order chi connectivity index (χ1) is 31.4. The minimum absolute atomic E-state index is 0.0420. The van der Waals surface area contributed by atoms with Crippen molar-refractivity contribution in [1.29, 1.82) is 0 Å². The molecule has 0 aromatic carbocycles. The monoisotopic (exact) mass is 940 g/mol. The Labute approximate surface area is 403 Å². The zero-order chi connectivity index (χ0) is 48.0. The van der Waals surface area contributed by atoms with Crippen LogP contribution in [0, 0.1) is 0 Å². The summed E-state index contributed by atoms with van der Waals surface area (Å²) in [6.45, 7) is 6.98. The molecule has 384 valence electrons. The van der Waals surface area contributed by atoms with Gasteiger partial charge in [0.05, 0.1) is 33.8 Å².